The third-order valence-electron chi connectivity index (χ3n) is 2.22. The molecule has 3 aromatic rings. The van der Waals surface area contributed by atoms with Gasteiger partial charge in [0.1, 0.15) is 0 Å². The van der Waals surface area contributed by atoms with E-state index in [2.05, 4.69) is 36.3 Å². The number of aromatic nitrogens is 4. The smallest absolute Gasteiger partial charge is 0.243 e. The fourth-order valence-electron chi connectivity index (χ4n) is 1.44. The summed E-state index contributed by atoms with van der Waals surface area (Å²) in [5.74, 6) is 0.616. The van der Waals surface area contributed by atoms with Gasteiger partial charge in [0.2, 0.25) is 5.95 Å². The first-order chi connectivity index (χ1) is 8.33. The van der Waals surface area contributed by atoms with Crippen LogP contribution in [0.15, 0.2) is 34.5 Å². The van der Waals surface area contributed by atoms with Gasteiger partial charge in [0, 0.05) is 17.3 Å². The van der Waals surface area contributed by atoms with Crippen molar-refractivity contribution in [3.63, 3.8) is 0 Å². The maximum absolute atomic E-state index is 4.39. The van der Waals surface area contributed by atoms with E-state index in [9.17, 15) is 0 Å². The first-order valence-corrected chi connectivity index (χ1v) is 6.62. The fourth-order valence-corrected chi connectivity index (χ4v) is 2.40. The Morgan fingerprint density at radius 2 is 2.41 bits per heavy atom. The zero-order chi connectivity index (χ0) is 11.7. The van der Waals surface area contributed by atoms with Crippen molar-refractivity contribution in [2.45, 2.75) is 6.54 Å². The Hall–Kier alpha value is -1.47. The Morgan fingerprint density at radius 1 is 1.47 bits per heavy atom. The number of halogens is 1. The molecule has 0 aliphatic carbocycles. The van der Waals surface area contributed by atoms with Crippen LogP contribution in [-0.4, -0.2) is 19.6 Å². The third-order valence-corrected chi connectivity index (χ3v) is 3.62. The molecule has 0 aromatic carbocycles. The van der Waals surface area contributed by atoms with E-state index in [1.165, 1.54) is 0 Å². The summed E-state index contributed by atoms with van der Waals surface area (Å²) in [4.78, 5) is 9.56. The van der Waals surface area contributed by atoms with E-state index >= 15 is 0 Å². The highest BCUT2D eigenvalue weighted by molar-refractivity contribution is 9.10. The lowest BCUT2D eigenvalue weighted by molar-refractivity contribution is 0.950. The van der Waals surface area contributed by atoms with Crippen molar-refractivity contribution in [3.05, 3.63) is 39.4 Å². The number of hydrogen-bond acceptors (Lipinski definition) is 5. The van der Waals surface area contributed by atoms with Crippen LogP contribution in [0.4, 0.5) is 5.95 Å². The third kappa shape index (κ3) is 2.16. The van der Waals surface area contributed by atoms with E-state index < -0.39 is 0 Å². The Labute approximate surface area is 110 Å². The van der Waals surface area contributed by atoms with Gasteiger partial charge in [-0.05, 0) is 28.1 Å². The minimum absolute atomic E-state index is 0.616. The molecule has 7 heteroatoms. The van der Waals surface area contributed by atoms with Gasteiger partial charge in [-0.2, -0.15) is 4.98 Å². The largest absolute Gasteiger partial charge is 0.348 e. The van der Waals surface area contributed by atoms with E-state index in [0.717, 1.165) is 15.0 Å². The number of nitrogens with zero attached hydrogens (tertiary/aromatic N) is 4. The minimum Gasteiger partial charge on any atom is -0.348 e. The van der Waals surface area contributed by atoms with Gasteiger partial charge in [-0.1, -0.05) is 0 Å². The van der Waals surface area contributed by atoms with Crippen molar-refractivity contribution in [3.8, 4) is 0 Å². The molecule has 0 aliphatic rings. The van der Waals surface area contributed by atoms with Gasteiger partial charge in [0.25, 0.3) is 0 Å². The molecule has 0 saturated carbocycles. The summed E-state index contributed by atoms with van der Waals surface area (Å²) < 4.78 is 2.66. The Balaban J connectivity index is 1.84. The average Bonchev–Trinajstić information content (AvgIpc) is 2.95. The molecule has 17 heavy (non-hydrogen) atoms. The summed E-state index contributed by atoms with van der Waals surface area (Å²) >= 11 is 5.05. The number of nitrogens with one attached hydrogen (secondary N) is 1. The molecule has 0 fully saturated rings. The lowest BCUT2D eigenvalue weighted by Gasteiger charge is -1.96. The van der Waals surface area contributed by atoms with Gasteiger partial charge in [-0.15, -0.1) is 16.4 Å². The van der Waals surface area contributed by atoms with Crippen molar-refractivity contribution >= 4 is 38.9 Å². The molecule has 3 aromatic heterocycles. The molecule has 0 saturated heterocycles. The molecule has 0 radical (unpaired) electrons. The van der Waals surface area contributed by atoms with E-state index in [4.69, 9.17) is 0 Å². The summed E-state index contributed by atoms with van der Waals surface area (Å²) in [7, 11) is 0. The van der Waals surface area contributed by atoms with Crippen molar-refractivity contribution in [2.75, 3.05) is 5.32 Å². The summed E-state index contributed by atoms with van der Waals surface area (Å²) in [5, 5.41) is 7.49. The van der Waals surface area contributed by atoms with Crippen LogP contribution in [-0.2, 0) is 6.54 Å². The first kappa shape index (κ1) is 10.7. The second-order valence-corrected chi connectivity index (χ2v) is 5.21. The summed E-state index contributed by atoms with van der Waals surface area (Å²) in [6.45, 7) is 0.694. The molecule has 0 aliphatic heterocycles. The van der Waals surface area contributed by atoms with E-state index in [1.54, 1.807) is 15.9 Å². The number of thiazole rings is 1. The number of pyridine rings is 1. The van der Waals surface area contributed by atoms with Crippen LogP contribution < -0.4 is 5.32 Å². The maximum atomic E-state index is 4.39. The van der Waals surface area contributed by atoms with E-state index in [1.807, 2.05) is 30.0 Å². The van der Waals surface area contributed by atoms with Gasteiger partial charge >= 0.3 is 0 Å². The van der Waals surface area contributed by atoms with Crippen LogP contribution >= 0.6 is 27.3 Å². The van der Waals surface area contributed by atoms with Gasteiger partial charge < -0.3 is 5.32 Å². The quantitative estimate of drug-likeness (QED) is 0.808. The highest BCUT2D eigenvalue weighted by Crippen LogP contribution is 2.17. The van der Waals surface area contributed by atoms with Crippen molar-refractivity contribution < 1.29 is 0 Å². The van der Waals surface area contributed by atoms with Gasteiger partial charge in [-0.25, -0.2) is 4.52 Å². The minimum atomic E-state index is 0.616. The lowest BCUT2D eigenvalue weighted by Crippen LogP contribution is -1.99. The molecule has 3 rings (SSSR count). The summed E-state index contributed by atoms with van der Waals surface area (Å²) in [6, 6.07) is 3.86. The van der Waals surface area contributed by atoms with Crippen LogP contribution in [0.25, 0.3) is 5.65 Å². The summed E-state index contributed by atoms with van der Waals surface area (Å²) in [6.07, 6.45) is 3.70. The van der Waals surface area contributed by atoms with Crippen LogP contribution in [0.5, 0.6) is 0 Å². The number of hydrogen-bond donors (Lipinski definition) is 1. The summed E-state index contributed by atoms with van der Waals surface area (Å²) in [5.41, 5.74) is 2.62. The van der Waals surface area contributed by atoms with Gasteiger partial charge in [0.15, 0.2) is 5.65 Å². The number of rotatable bonds is 3. The van der Waals surface area contributed by atoms with Crippen LogP contribution in [0.2, 0.25) is 0 Å². The van der Waals surface area contributed by atoms with Gasteiger partial charge in [0.05, 0.1) is 16.5 Å². The van der Waals surface area contributed by atoms with Crippen LogP contribution in [0, 0.1) is 0 Å². The van der Waals surface area contributed by atoms with Crippen LogP contribution in [0.1, 0.15) is 4.88 Å². The lowest BCUT2D eigenvalue weighted by atomic mass is 10.5. The predicted molar refractivity (Wildman–Crippen MR) is 70.1 cm³/mol. The number of fused-ring (bicyclic) bond motifs is 1. The van der Waals surface area contributed by atoms with Crippen molar-refractivity contribution in [1.82, 2.24) is 19.6 Å². The number of anilines is 1. The molecule has 5 nitrogen and oxygen atoms in total. The Kier molecular flexibility index (Phi) is 2.77. The first-order valence-electron chi connectivity index (χ1n) is 4.95. The molecule has 0 amide bonds. The molecular weight excluding hydrogens is 302 g/mol. The average molecular weight is 310 g/mol. The van der Waals surface area contributed by atoms with E-state index in [-0.39, 0.29) is 0 Å². The monoisotopic (exact) mass is 309 g/mol. The highest BCUT2D eigenvalue weighted by atomic mass is 79.9. The van der Waals surface area contributed by atoms with Crippen molar-refractivity contribution in [2.24, 2.45) is 0 Å². The maximum Gasteiger partial charge on any atom is 0.243 e. The normalized spacial score (nSPS) is 10.9. The van der Waals surface area contributed by atoms with Gasteiger partial charge in [-0.3, -0.25) is 4.98 Å². The zero-order valence-electron chi connectivity index (χ0n) is 8.67. The SMILES string of the molecule is Brc1cccn2nc(NCc3cncs3)nc12. The Bertz CT molecular complexity index is 633. The topological polar surface area (TPSA) is 55.1 Å². The predicted octanol–water partition coefficient (Wildman–Crippen LogP) is 2.56. The molecule has 0 spiro atoms. The fraction of sp³-hybridized carbons (Fsp3) is 0.100. The highest BCUT2D eigenvalue weighted by Gasteiger charge is 2.05. The molecule has 0 unspecified atom stereocenters. The molecule has 3 heterocycles. The molecule has 0 bridgehead atoms. The molecule has 0 atom stereocenters. The Morgan fingerprint density at radius 3 is 3.18 bits per heavy atom. The van der Waals surface area contributed by atoms with Crippen LogP contribution in [0.3, 0.4) is 0 Å². The molecule has 86 valence electrons. The second-order valence-electron chi connectivity index (χ2n) is 3.38. The molecular formula is C10H8BrN5S. The second kappa shape index (κ2) is 4.42. The van der Waals surface area contributed by atoms with Crippen molar-refractivity contribution in [1.29, 1.82) is 0 Å². The zero-order valence-corrected chi connectivity index (χ0v) is 11.1. The molecule has 1 N–H and O–H groups in total. The standard InChI is InChI=1S/C10H8BrN5S/c11-8-2-1-3-16-9(8)14-10(15-16)13-5-7-4-12-6-17-7/h1-4,6H,5H2,(H,13,15). The van der Waals surface area contributed by atoms with E-state index in [0.29, 0.717) is 12.5 Å².